The second-order valence-corrected chi connectivity index (χ2v) is 4.56. The van der Waals surface area contributed by atoms with Crippen molar-refractivity contribution in [1.82, 2.24) is 4.90 Å². The van der Waals surface area contributed by atoms with E-state index in [2.05, 4.69) is 0 Å². The summed E-state index contributed by atoms with van der Waals surface area (Å²) >= 11 is 0. The van der Waals surface area contributed by atoms with Crippen molar-refractivity contribution in [2.45, 2.75) is 26.8 Å². The molecule has 110 valence electrons. The van der Waals surface area contributed by atoms with Gasteiger partial charge in [0.05, 0.1) is 12.2 Å². The number of benzene rings is 1. The largest absolute Gasteiger partial charge is 0.465 e. The van der Waals surface area contributed by atoms with Crippen LogP contribution in [0.25, 0.3) is 0 Å². The third-order valence-corrected chi connectivity index (χ3v) is 2.73. The Hall–Kier alpha value is -2.11. The molecule has 20 heavy (non-hydrogen) atoms. The Morgan fingerprint density at radius 2 is 2.05 bits per heavy atom. The van der Waals surface area contributed by atoms with Gasteiger partial charge in [0.1, 0.15) is 12.4 Å². The molecule has 1 aromatic rings. The van der Waals surface area contributed by atoms with E-state index in [1.807, 2.05) is 0 Å². The number of esters is 1. The van der Waals surface area contributed by atoms with Gasteiger partial charge >= 0.3 is 5.97 Å². The van der Waals surface area contributed by atoms with Crippen LogP contribution in [0.2, 0.25) is 0 Å². The average Bonchev–Trinajstić information content (AvgIpc) is 2.38. The number of amides is 1. The fraction of sp³-hybridized carbons (Fsp3) is 0.429. The third-order valence-electron chi connectivity index (χ3n) is 2.73. The molecule has 0 radical (unpaired) electrons. The first-order valence-corrected chi connectivity index (χ1v) is 6.38. The van der Waals surface area contributed by atoms with E-state index < -0.39 is 17.7 Å². The summed E-state index contributed by atoms with van der Waals surface area (Å²) in [6.07, 6.45) is 0. The van der Waals surface area contributed by atoms with Gasteiger partial charge in [-0.25, -0.2) is 4.39 Å². The standard InChI is InChI=1S/C14H19FN2O3/c1-4-20-13(18)8-17(9(2)3)14(19)11-7-10(15)5-6-12(11)16/h5-7,9H,4,8,16H2,1-3H3. The van der Waals surface area contributed by atoms with Crippen molar-refractivity contribution in [3.8, 4) is 0 Å². The summed E-state index contributed by atoms with van der Waals surface area (Å²) in [5, 5.41) is 0. The van der Waals surface area contributed by atoms with Gasteiger partial charge < -0.3 is 15.4 Å². The van der Waals surface area contributed by atoms with Crippen LogP contribution >= 0.6 is 0 Å². The number of halogens is 1. The van der Waals surface area contributed by atoms with Crippen molar-refractivity contribution in [2.75, 3.05) is 18.9 Å². The number of ether oxygens (including phenoxy) is 1. The zero-order valence-corrected chi connectivity index (χ0v) is 11.9. The fourth-order valence-electron chi connectivity index (χ4n) is 1.70. The molecule has 0 aromatic heterocycles. The van der Waals surface area contributed by atoms with Crippen LogP contribution in [0.1, 0.15) is 31.1 Å². The summed E-state index contributed by atoms with van der Waals surface area (Å²) in [6.45, 7) is 5.24. The number of carbonyl (C=O) groups is 2. The van der Waals surface area contributed by atoms with Gasteiger partial charge in [0, 0.05) is 11.7 Å². The number of anilines is 1. The molecule has 0 heterocycles. The van der Waals surface area contributed by atoms with Crippen molar-refractivity contribution in [3.05, 3.63) is 29.6 Å². The highest BCUT2D eigenvalue weighted by molar-refractivity contribution is 6.00. The molecule has 0 saturated carbocycles. The molecule has 0 spiro atoms. The van der Waals surface area contributed by atoms with Gasteiger partial charge in [0.2, 0.25) is 0 Å². The van der Waals surface area contributed by atoms with Crippen LogP contribution in [0.15, 0.2) is 18.2 Å². The molecule has 2 N–H and O–H groups in total. The van der Waals surface area contributed by atoms with Gasteiger partial charge in [-0.15, -0.1) is 0 Å². The summed E-state index contributed by atoms with van der Waals surface area (Å²) in [4.78, 5) is 25.2. The molecule has 0 unspecified atom stereocenters. The average molecular weight is 282 g/mol. The Bertz CT molecular complexity index is 503. The normalized spacial score (nSPS) is 10.4. The first-order chi connectivity index (χ1) is 9.36. The maximum atomic E-state index is 13.2. The van der Waals surface area contributed by atoms with Crippen LogP contribution in [-0.2, 0) is 9.53 Å². The highest BCUT2D eigenvalue weighted by Gasteiger charge is 2.24. The number of nitrogens with two attached hydrogens (primary N) is 1. The summed E-state index contributed by atoms with van der Waals surface area (Å²) in [5.41, 5.74) is 5.90. The van der Waals surface area contributed by atoms with Crippen LogP contribution in [0.4, 0.5) is 10.1 Å². The molecule has 0 aliphatic carbocycles. The van der Waals surface area contributed by atoms with Gasteiger partial charge in [-0.2, -0.15) is 0 Å². The Balaban J connectivity index is 2.99. The van der Waals surface area contributed by atoms with Crippen molar-refractivity contribution < 1.29 is 18.7 Å². The Kier molecular flexibility index (Phi) is 5.49. The second kappa shape index (κ2) is 6.88. The molecular formula is C14H19FN2O3. The molecule has 1 amide bonds. The molecule has 0 aliphatic rings. The monoisotopic (exact) mass is 282 g/mol. The summed E-state index contributed by atoms with van der Waals surface area (Å²) in [6, 6.07) is 3.33. The summed E-state index contributed by atoms with van der Waals surface area (Å²) in [5.74, 6) is -1.56. The maximum absolute atomic E-state index is 13.2. The minimum absolute atomic E-state index is 0.0444. The predicted octanol–water partition coefficient (Wildman–Crippen LogP) is 1.82. The highest BCUT2D eigenvalue weighted by Crippen LogP contribution is 2.17. The minimum Gasteiger partial charge on any atom is -0.465 e. The first kappa shape index (κ1) is 15.9. The molecule has 0 bridgehead atoms. The second-order valence-electron chi connectivity index (χ2n) is 4.56. The van der Waals surface area contributed by atoms with Gasteiger partial charge in [-0.05, 0) is 39.0 Å². The van der Waals surface area contributed by atoms with Crippen molar-refractivity contribution in [3.63, 3.8) is 0 Å². The van der Waals surface area contributed by atoms with E-state index in [0.717, 1.165) is 6.07 Å². The zero-order valence-electron chi connectivity index (χ0n) is 11.9. The van der Waals surface area contributed by atoms with Crippen LogP contribution in [0.5, 0.6) is 0 Å². The van der Waals surface area contributed by atoms with Crippen LogP contribution < -0.4 is 5.73 Å². The molecule has 0 aliphatic heterocycles. The van der Waals surface area contributed by atoms with E-state index in [-0.39, 0.29) is 30.4 Å². The topological polar surface area (TPSA) is 72.6 Å². The lowest BCUT2D eigenvalue weighted by molar-refractivity contribution is -0.144. The Morgan fingerprint density at radius 1 is 1.40 bits per heavy atom. The quantitative estimate of drug-likeness (QED) is 0.660. The third kappa shape index (κ3) is 3.94. The van der Waals surface area contributed by atoms with E-state index >= 15 is 0 Å². The predicted molar refractivity (Wildman–Crippen MR) is 73.6 cm³/mol. The maximum Gasteiger partial charge on any atom is 0.325 e. The van der Waals surface area contributed by atoms with Gasteiger partial charge in [0.15, 0.2) is 0 Å². The zero-order chi connectivity index (χ0) is 15.3. The van der Waals surface area contributed by atoms with Crippen molar-refractivity contribution in [1.29, 1.82) is 0 Å². The van der Waals surface area contributed by atoms with Gasteiger partial charge in [-0.3, -0.25) is 9.59 Å². The first-order valence-electron chi connectivity index (χ1n) is 6.38. The van der Waals surface area contributed by atoms with Crippen molar-refractivity contribution in [2.24, 2.45) is 0 Å². The van der Waals surface area contributed by atoms with Crippen LogP contribution in [0.3, 0.4) is 0 Å². The van der Waals surface area contributed by atoms with E-state index in [9.17, 15) is 14.0 Å². The molecule has 0 atom stereocenters. The Morgan fingerprint density at radius 3 is 2.60 bits per heavy atom. The Labute approximate surface area is 117 Å². The van der Waals surface area contributed by atoms with Crippen molar-refractivity contribution >= 4 is 17.6 Å². The number of hydrogen-bond donors (Lipinski definition) is 1. The van der Waals surface area contributed by atoms with E-state index in [1.165, 1.54) is 17.0 Å². The SMILES string of the molecule is CCOC(=O)CN(C(=O)c1cc(F)ccc1N)C(C)C. The van der Waals surface area contributed by atoms with Gasteiger partial charge in [0.25, 0.3) is 5.91 Å². The molecule has 1 aromatic carbocycles. The van der Waals surface area contributed by atoms with Gasteiger partial charge in [-0.1, -0.05) is 0 Å². The van der Waals surface area contributed by atoms with E-state index in [1.54, 1.807) is 20.8 Å². The molecule has 6 heteroatoms. The minimum atomic E-state index is -0.553. The number of hydrogen-bond acceptors (Lipinski definition) is 4. The van der Waals surface area contributed by atoms with E-state index in [0.29, 0.717) is 0 Å². The highest BCUT2D eigenvalue weighted by atomic mass is 19.1. The summed E-state index contributed by atoms with van der Waals surface area (Å²) < 4.78 is 18.1. The fourth-order valence-corrected chi connectivity index (χ4v) is 1.70. The van der Waals surface area contributed by atoms with E-state index in [4.69, 9.17) is 10.5 Å². The summed E-state index contributed by atoms with van der Waals surface area (Å²) in [7, 11) is 0. The number of nitrogens with zero attached hydrogens (tertiary/aromatic N) is 1. The molecule has 5 nitrogen and oxygen atoms in total. The lowest BCUT2D eigenvalue weighted by Crippen LogP contribution is -2.41. The molecule has 1 rings (SSSR count). The van der Waals surface area contributed by atoms with Crippen LogP contribution in [0, 0.1) is 5.82 Å². The number of nitrogen functional groups attached to an aromatic ring is 1. The molecular weight excluding hydrogens is 263 g/mol. The lowest BCUT2D eigenvalue weighted by atomic mass is 10.1. The smallest absolute Gasteiger partial charge is 0.325 e. The number of rotatable bonds is 5. The molecule has 0 saturated heterocycles. The van der Waals surface area contributed by atoms with Crippen LogP contribution in [-0.4, -0.2) is 36.0 Å². The number of carbonyl (C=O) groups excluding carboxylic acids is 2. The molecule has 0 fully saturated rings. The lowest BCUT2D eigenvalue weighted by Gasteiger charge is -2.26.